The van der Waals surface area contributed by atoms with Crippen LogP contribution in [0.3, 0.4) is 0 Å². The van der Waals surface area contributed by atoms with Gasteiger partial charge in [-0.2, -0.15) is 5.26 Å². The molecule has 8 heteroatoms. The fourth-order valence-electron chi connectivity index (χ4n) is 4.14. The third kappa shape index (κ3) is 3.44. The van der Waals surface area contributed by atoms with Crippen LogP contribution < -0.4 is 4.90 Å². The molecule has 4 heterocycles. The van der Waals surface area contributed by atoms with Crippen LogP contribution in [0.25, 0.3) is 22.7 Å². The van der Waals surface area contributed by atoms with Crippen molar-refractivity contribution in [1.29, 1.82) is 5.26 Å². The van der Waals surface area contributed by atoms with Gasteiger partial charge >= 0.3 is 0 Å². The van der Waals surface area contributed by atoms with Crippen molar-refractivity contribution in [3.8, 4) is 28.8 Å². The third-order valence-electron chi connectivity index (χ3n) is 5.66. The lowest BCUT2D eigenvalue weighted by Crippen LogP contribution is -2.25. The van der Waals surface area contributed by atoms with Crippen molar-refractivity contribution in [2.45, 2.75) is 25.8 Å². The third-order valence-corrected chi connectivity index (χ3v) is 5.66. The van der Waals surface area contributed by atoms with Crippen molar-refractivity contribution in [2.75, 3.05) is 11.4 Å². The fourth-order valence-corrected chi connectivity index (χ4v) is 4.14. The van der Waals surface area contributed by atoms with Crippen LogP contribution in [0.4, 0.5) is 5.95 Å². The van der Waals surface area contributed by atoms with Crippen LogP contribution in [0, 0.1) is 18.3 Å². The maximum atomic E-state index is 9.15. The van der Waals surface area contributed by atoms with Gasteiger partial charge in [-0.1, -0.05) is 17.3 Å². The van der Waals surface area contributed by atoms with E-state index in [9.17, 15) is 0 Å². The summed E-state index contributed by atoms with van der Waals surface area (Å²) in [7, 11) is 1.98. The average molecular weight is 411 g/mol. The predicted molar refractivity (Wildman–Crippen MR) is 115 cm³/mol. The molecule has 4 aromatic rings. The average Bonchev–Trinajstić information content (AvgIpc) is 3.53. The highest BCUT2D eigenvalue weighted by molar-refractivity contribution is 5.61. The van der Waals surface area contributed by atoms with Gasteiger partial charge in [0.1, 0.15) is 5.69 Å². The van der Waals surface area contributed by atoms with Crippen molar-refractivity contribution in [1.82, 2.24) is 24.9 Å². The van der Waals surface area contributed by atoms with E-state index < -0.39 is 0 Å². The van der Waals surface area contributed by atoms with Gasteiger partial charge in [0, 0.05) is 42.7 Å². The maximum Gasteiger partial charge on any atom is 0.227 e. The Morgan fingerprint density at radius 2 is 2.03 bits per heavy atom. The minimum Gasteiger partial charge on any atom is -0.356 e. The first-order chi connectivity index (χ1) is 15.1. The first kappa shape index (κ1) is 19.0. The zero-order chi connectivity index (χ0) is 21.4. The molecular weight excluding hydrogens is 390 g/mol. The number of hydrogen-bond acceptors (Lipinski definition) is 7. The lowest BCUT2D eigenvalue weighted by atomic mass is 10.1. The number of anilines is 1. The molecule has 1 saturated heterocycles. The molecule has 31 heavy (non-hydrogen) atoms. The van der Waals surface area contributed by atoms with Gasteiger partial charge in [0.05, 0.1) is 17.7 Å². The van der Waals surface area contributed by atoms with Crippen LogP contribution in [0.2, 0.25) is 0 Å². The van der Waals surface area contributed by atoms with Crippen molar-refractivity contribution in [3.63, 3.8) is 0 Å². The summed E-state index contributed by atoms with van der Waals surface area (Å²) in [4.78, 5) is 6.50. The highest BCUT2D eigenvalue weighted by Gasteiger charge is 2.32. The van der Waals surface area contributed by atoms with Gasteiger partial charge in [0.2, 0.25) is 5.95 Å². The van der Waals surface area contributed by atoms with Crippen LogP contribution in [0.5, 0.6) is 0 Å². The molecule has 1 atom stereocenters. The molecule has 154 valence electrons. The van der Waals surface area contributed by atoms with Crippen LogP contribution in [0.15, 0.2) is 53.2 Å². The van der Waals surface area contributed by atoms with E-state index in [0.717, 1.165) is 53.7 Å². The molecule has 1 aliphatic rings. The summed E-state index contributed by atoms with van der Waals surface area (Å²) in [5, 5.41) is 22.4. The van der Waals surface area contributed by atoms with E-state index in [1.165, 1.54) is 0 Å². The Bertz CT molecular complexity index is 1280. The van der Waals surface area contributed by atoms with Crippen LogP contribution in [-0.4, -0.2) is 31.4 Å². The Morgan fingerprint density at radius 3 is 2.87 bits per heavy atom. The van der Waals surface area contributed by atoms with E-state index in [4.69, 9.17) is 9.78 Å². The van der Waals surface area contributed by atoms with Crippen molar-refractivity contribution in [2.24, 2.45) is 7.05 Å². The Hall–Kier alpha value is -3.99. The second-order valence-corrected chi connectivity index (χ2v) is 7.73. The van der Waals surface area contributed by atoms with E-state index in [1.54, 1.807) is 12.3 Å². The Kier molecular flexibility index (Phi) is 4.71. The molecule has 0 aliphatic carbocycles. The number of nitriles is 1. The number of aryl methyl sites for hydroxylation is 1. The van der Waals surface area contributed by atoms with Crippen LogP contribution >= 0.6 is 0 Å². The number of pyridine rings is 1. The molecular formula is C23H21N7O. The number of aromatic nitrogens is 5. The van der Waals surface area contributed by atoms with E-state index >= 15 is 0 Å². The number of benzene rings is 1. The predicted octanol–water partition coefficient (Wildman–Crippen LogP) is 4.05. The summed E-state index contributed by atoms with van der Waals surface area (Å²) in [6, 6.07) is 15.5. The summed E-state index contributed by atoms with van der Waals surface area (Å²) in [6.45, 7) is 2.84. The minimum absolute atomic E-state index is 0.0616. The zero-order valence-corrected chi connectivity index (χ0v) is 17.4. The molecule has 3 aromatic heterocycles. The minimum atomic E-state index is 0.0616. The highest BCUT2D eigenvalue weighted by Crippen LogP contribution is 2.37. The van der Waals surface area contributed by atoms with Gasteiger partial charge in [-0.05, 0) is 44.0 Å². The van der Waals surface area contributed by atoms with Gasteiger partial charge in [-0.3, -0.25) is 9.55 Å². The Balaban J connectivity index is 1.45. The lowest BCUT2D eigenvalue weighted by Gasteiger charge is -2.23. The summed E-state index contributed by atoms with van der Waals surface area (Å²) in [6.07, 6.45) is 3.78. The Labute approximate surface area is 179 Å². The van der Waals surface area contributed by atoms with Crippen molar-refractivity contribution >= 4 is 5.95 Å². The monoisotopic (exact) mass is 411 g/mol. The largest absolute Gasteiger partial charge is 0.356 e. The molecule has 0 radical (unpaired) electrons. The van der Waals surface area contributed by atoms with Gasteiger partial charge in [-0.25, -0.2) is 0 Å². The van der Waals surface area contributed by atoms with E-state index in [1.807, 2.05) is 54.9 Å². The normalized spacial score (nSPS) is 15.9. The lowest BCUT2D eigenvalue weighted by molar-refractivity contribution is 0.416. The van der Waals surface area contributed by atoms with Gasteiger partial charge in [0.25, 0.3) is 0 Å². The first-order valence-corrected chi connectivity index (χ1v) is 10.2. The molecule has 1 aliphatic heterocycles. The maximum absolute atomic E-state index is 9.15. The SMILES string of the molecule is Cc1cc(-c2nnc(N3CCCC3c3cc(-c4cccc(C#N)c4)on3)n2C)ccn1. The quantitative estimate of drug-likeness (QED) is 0.500. The molecule has 1 unspecified atom stereocenters. The molecule has 1 aromatic carbocycles. The molecule has 0 amide bonds. The molecule has 8 nitrogen and oxygen atoms in total. The molecule has 0 N–H and O–H groups in total. The van der Waals surface area contributed by atoms with Gasteiger partial charge < -0.3 is 9.42 Å². The van der Waals surface area contributed by atoms with Crippen LogP contribution in [0.1, 0.15) is 35.8 Å². The highest BCUT2D eigenvalue weighted by atomic mass is 16.5. The molecule has 5 rings (SSSR count). The molecule has 0 saturated carbocycles. The fraction of sp³-hybridized carbons (Fsp3) is 0.261. The first-order valence-electron chi connectivity index (χ1n) is 10.2. The number of rotatable bonds is 4. The summed E-state index contributed by atoms with van der Waals surface area (Å²) in [5.41, 5.74) is 4.23. The number of hydrogen-bond donors (Lipinski definition) is 0. The van der Waals surface area contributed by atoms with Gasteiger partial charge in [-0.15, -0.1) is 10.2 Å². The van der Waals surface area contributed by atoms with E-state index in [-0.39, 0.29) is 6.04 Å². The van der Waals surface area contributed by atoms with Gasteiger partial charge in [0.15, 0.2) is 11.6 Å². The molecule has 0 bridgehead atoms. The summed E-state index contributed by atoms with van der Waals surface area (Å²) >= 11 is 0. The number of nitrogens with zero attached hydrogens (tertiary/aromatic N) is 7. The van der Waals surface area contributed by atoms with Crippen LogP contribution in [-0.2, 0) is 7.05 Å². The zero-order valence-electron chi connectivity index (χ0n) is 17.4. The molecule has 1 fully saturated rings. The van der Waals surface area contributed by atoms with E-state index in [2.05, 4.69) is 31.3 Å². The summed E-state index contributed by atoms with van der Waals surface area (Å²) < 4.78 is 7.65. The molecule has 0 spiro atoms. The summed E-state index contributed by atoms with van der Waals surface area (Å²) in [5.74, 6) is 2.27. The standard InChI is InChI=1S/C23H21N7O/c1-15-11-18(8-9-25-15)22-26-27-23(29(22)2)30-10-4-7-20(30)19-13-21(31-28-19)17-6-3-5-16(12-17)14-24/h3,5-6,8-9,11-13,20H,4,7,10H2,1-2H3. The Morgan fingerprint density at radius 1 is 1.13 bits per heavy atom. The smallest absolute Gasteiger partial charge is 0.227 e. The van der Waals surface area contributed by atoms with Crippen molar-refractivity contribution in [3.05, 3.63) is 65.6 Å². The topological polar surface area (TPSA) is 96.7 Å². The van der Waals surface area contributed by atoms with Crippen molar-refractivity contribution < 1.29 is 4.52 Å². The second kappa shape index (κ2) is 7.69. The van der Waals surface area contributed by atoms with E-state index in [0.29, 0.717) is 11.3 Å². The second-order valence-electron chi connectivity index (χ2n) is 7.73.